The van der Waals surface area contributed by atoms with Gasteiger partial charge in [0.05, 0.1) is 5.92 Å². The van der Waals surface area contributed by atoms with E-state index in [4.69, 9.17) is 4.52 Å². The van der Waals surface area contributed by atoms with Crippen LogP contribution in [0, 0.1) is 26.7 Å². The average molecular weight is 461 g/mol. The fourth-order valence-corrected chi connectivity index (χ4v) is 6.51. The van der Waals surface area contributed by atoms with E-state index < -0.39 is 15.9 Å². The summed E-state index contributed by atoms with van der Waals surface area (Å²) in [5.74, 6) is 0.225. The zero-order chi connectivity index (χ0) is 22.2. The summed E-state index contributed by atoms with van der Waals surface area (Å²) in [7, 11) is -3.71. The molecule has 0 aliphatic carbocycles. The monoisotopic (exact) mass is 460 g/mol. The minimum absolute atomic E-state index is 0.152. The maximum Gasteiger partial charge on any atom is 0.252 e. The number of anilines is 1. The van der Waals surface area contributed by atoms with Gasteiger partial charge in [-0.25, -0.2) is 8.42 Å². The molecule has 1 aliphatic rings. The molecule has 1 fully saturated rings. The minimum Gasteiger partial charge on any atom is -0.339 e. The smallest absolute Gasteiger partial charge is 0.252 e. The average Bonchev–Trinajstić information content (AvgIpc) is 3.39. The van der Waals surface area contributed by atoms with Gasteiger partial charge in [0.15, 0.2) is 0 Å². The van der Waals surface area contributed by atoms with Gasteiger partial charge in [0.1, 0.15) is 4.21 Å². The van der Waals surface area contributed by atoms with Crippen molar-refractivity contribution in [2.45, 2.75) is 37.8 Å². The lowest BCUT2D eigenvalue weighted by Gasteiger charge is -2.31. The molecule has 1 aromatic carbocycles. The van der Waals surface area contributed by atoms with Crippen molar-refractivity contribution in [1.82, 2.24) is 14.4 Å². The Labute approximate surface area is 185 Å². The van der Waals surface area contributed by atoms with Gasteiger partial charge in [-0.05, 0) is 44.4 Å². The lowest BCUT2D eigenvalue weighted by molar-refractivity contribution is -0.120. The summed E-state index contributed by atoms with van der Waals surface area (Å²) in [6.45, 7) is 6.17. The second-order valence-corrected chi connectivity index (χ2v) is 10.9. The molecule has 0 saturated carbocycles. The second kappa shape index (κ2) is 8.52. The summed E-state index contributed by atoms with van der Waals surface area (Å²) in [5.41, 5.74) is 3.46. The molecule has 8 nitrogen and oxygen atoms in total. The zero-order valence-corrected chi connectivity index (χ0v) is 19.2. The summed E-state index contributed by atoms with van der Waals surface area (Å²) >= 11 is 1.12. The summed E-state index contributed by atoms with van der Waals surface area (Å²) in [5, 5.41) is 8.50. The fraction of sp³-hybridized carbons (Fsp3) is 0.381. The van der Waals surface area contributed by atoms with Crippen LogP contribution in [0.3, 0.4) is 0 Å². The third-order valence-electron chi connectivity index (χ3n) is 5.35. The molecular weight excluding hydrogens is 436 g/mol. The Morgan fingerprint density at radius 1 is 1.26 bits per heavy atom. The maximum atomic E-state index is 13.2. The molecule has 2 aromatic heterocycles. The van der Waals surface area contributed by atoms with Gasteiger partial charge in [-0.2, -0.15) is 9.29 Å². The molecule has 1 atom stereocenters. The Morgan fingerprint density at radius 3 is 2.77 bits per heavy atom. The Hall–Kier alpha value is -2.56. The van der Waals surface area contributed by atoms with Crippen LogP contribution in [0.1, 0.15) is 29.9 Å². The van der Waals surface area contributed by atoms with Crippen molar-refractivity contribution in [3.05, 3.63) is 46.7 Å². The Balaban J connectivity index is 1.48. The molecule has 3 aromatic rings. The lowest BCUT2D eigenvalue weighted by Crippen LogP contribution is -2.43. The van der Waals surface area contributed by atoms with Gasteiger partial charge in [-0.1, -0.05) is 22.9 Å². The predicted molar refractivity (Wildman–Crippen MR) is 118 cm³/mol. The quantitative estimate of drug-likeness (QED) is 0.621. The number of thiophene rings is 1. The van der Waals surface area contributed by atoms with Crippen molar-refractivity contribution < 1.29 is 17.7 Å². The van der Waals surface area contributed by atoms with Gasteiger partial charge in [0.2, 0.25) is 17.6 Å². The number of hydrogen-bond donors (Lipinski definition) is 1. The van der Waals surface area contributed by atoms with Crippen LogP contribution in [0.2, 0.25) is 0 Å². The topological polar surface area (TPSA) is 105 Å². The van der Waals surface area contributed by atoms with Crippen LogP contribution in [-0.2, 0) is 14.8 Å². The van der Waals surface area contributed by atoms with Crippen LogP contribution in [0.5, 0.6) is 0 Å². The highest BCUT2D eigenvalue weighted by Crippen LogP contribution is 2.31. The number of nitrogens with one attached hydrogen (secondary N) is 1. The Morgan fingerprint density at radius 2 is 2.06 bits per heavy atom. The number of hydrogen-bond acceptors (Lipinski definition) is 7. The predicted octanol–water partition coefficient (Wildman–Crippen LogP) is 3.76. The van der Waals surface area contributed by atoms with Gasteiger partial charge in [0.25, 0.3) is 10.0 Å². The number of nitrogens with zero attached hydrogens (tertiary/aromatic N) is 3. The number of carbonyl (C=O) groups excluding carboxylic acids is 1. The van der Waals surface area contributed by atoms with E-state index in [9.17, 15) is 13.2 Å². The van der Waals surface area contributed by atoms with Crippen LogP contribution in [0.25, 0.3) is 11.4 Å². The highest BCUT2D eigenvalue weighted by Gasteiger charge is 2.34. The second-order valence-electron chi connectivity index (χ2n) is 7.80. The standard InChI is InChI=1S/C21H24N4O4S2/c1-13-6-7-18(14(2)9-13)23-21(26)16-5-4-8-25(11-16)31(27,28)19-10-17(12-30-19)20-22-15(3)29-24-20/h6-7,9-10,12,16H,4-5,8,11H2,1-3H3,(H,23,26)/t16-/m1/s1. The van der Waals surface area contributed by atoms with Crippen LogP contribution < -0.4 is 5.32 Å². The molecule has 1 aliphatic heterocycles. The first-order chi connectivity index (χ1) is 14.7. The molecule has 0 unspecified atom stereocenters. The zero-order valence-electron chi connectivity index (χ0n) is 17.6. The number of amides is 1. The van der Waals surface area contributed by atoms with Crippen molar-refractivity contribution in [1.29, 1.82) is 0 Å². The van der Waals surface area contributed by atoms with E-state index in [1.807, 2.05) is 32.0 Å². The third-order valence-corrected chi connectivity index (χ3v) is 8.63. The van der Waals surface area contributed by atoms with Crippen molar-refractivity contribution in [3.63, 3.8) is 0 Å². The molecule has 1 N–H and O–H groups in total. The molecule has 3 heterocycles. The van der Waals surface area contributed by atoms with Crippen LogP contribution in [0.15, 0.2) is 38.4 Å². The molecule has 164 valence electrons. The molecule has 1 amide bonds. The van der Waals surface area contributed by atoms with Crippen molar-refractivity contribution in [3.8, 4) is 11.4 Å². The van der Waals surface area contributed by atoms with E-state index >= 15 is 0 Å². The first-order valence-corrected chi connectivity index (χ1v) is 12.3. The van der Waals surface area contributed by atoms with Crippen molar-refractivity contribution in [2.24, 2.45) is 5.92 Å². The molecule has 0 radical (unpaired) electrons. The minimum atomic E-state index is -3.71. The number of piperidine rings is 1. The number of aromatic nitrogens is 2. The van der Waals surface area contributed by atoms with Gasteiger partial charge in [-0.15, -0.1) is 11.3 Å². The molecule has 31 heavy (non-hydrogen) atoms. The maximum absolute atomic E-state index is 13.2. The molecule has 4 rings (SSSR count). The Kier molecular flexibility index (Phi) is 5.96. The number of aryl methyl sites for hydroxylation is 3. The Bertz CT molecular complexity index is 1220. The summed E-state index contributed by atoms with van der Waals surface area (Å²) in [6.07, 6.45) is 1.28. The summed E-state index contributed by atoms with van der Waals surface area (Å²) in [4.78, 5) is 17.0. The summed E-state index contributed by atoms with van der Waals surface area (Å²) < 4.78 is 33.0. The van der Waals surface area contributed by atoms with E-state index in [0.29, 0.717) is 36.7 Å². The van der Waals surface area contributed by atoms with Crippen LogP contribution in [0.4, 0.5) is 5.69 Å². The number of sulfonamides is 1. The van der Waals surface area contributed by atoms with E-state index in [1.165, 1.54) is 4.31 Å². The summed E-state index contributed by atoms with van der Waals surface area (Å²) in [6, 6.07) is 7.39. The van der Waals surface area contributed by atoms with Gasteiger partial charge in [-0.3, -0.25) is 4.79 Å². The van der Waals surface area contributed by atoms with Crippen LogP contribution >= 0.6 is 11.3 Å². The highest BCUT2D eigenvalue weighted by molar-refractivity contribution is 7.91. The van der Waals surface area contributed by atoms with Gasteiger partial charge >= 0.3 is 0 Å². The fourth-order valence-electron chi connectivity index (χ4n) is 3.68. The van der Waals surface area contributed by atoms with E-state index in [1.54, 1.807) is 18.4 Å². The largest absolute Gasteiger partial charge is 0.339 e. The SMILES string of the molecule is Cc1ccc(NC(=O)[C@@H]2CCCN(S(=O)(=O)c3cc(-c4noc(C)n4)cs3)C2)c(C)c1. The van der Waals surface area contributed by atoms with Gasteiger partial charge in [0, 0.05) is 36.6 Å². The molecule has 0 spiro atoms. The van der Waals surface area contributed by atoms with E-state index in [0.717, 1.165) is 28.2 Å². The lowest BCUT2D eigenvalue weighted by atomic mass is 9.98. The number of carbonyl (C=O) groups is 1. The number of benzene rings is 1. The molecule has 0 bridgehead atoms. The van der Waals surface area contributed by atoms with E-state index in [-0.39, 0.29) is 16.7 Å². The van der Waals surface area contributed by atoms with Crippen molar-refractivity contribution in [2.75, 3.05) is 18.4 Å². The van der Waals surface area contributed by atoms with E-state index in [2.05, 4.69) is 15.5 Å². The first-order valence-electron chi connectivity index (χ1n) is 10.0. The molecular formula is C21H24N4O4S2. The highest BCUT2D eigenvalue weighted by atomic mass is 32.2. The molecule has 10 heteroatoms. The van der Waals surface area contributed by atoms with Crippen molar-refractivity contribution >= 4 is 33.0 Å². The molecule has 1 saturated heterocycles. The van der Waals surface area contributed by atoms with Gasteiger partial charge < -0.3 is 9.84 Å². The number of rotatable bonds is 5. The normalized spacial score (nSPS) is 17.6. The first kappa shape index (κ1) is 21.7. The third kappa shape index (κ3) is 4.56. The van der Waals surface area contributed by atoms with Crippen LogP contribution in [-0.4, -0.2) is 41.9 Å².